The summed E-state index contributed by atoms with van der Waals surface area (Å²) >= 11 is 0. The summed E-state index contributed by atoms with van der Waals surface area (Å²) in [7, 11) is 7.57. The van der Waals surface area contributed by atoms with Crippen LogP contribution in [0.3, 0.4) is 0 Å². The SMILES string of the molecule is CNc1cc(C)c2cc(OC)c(-n3nnc(CN(C)C)c3C)cc2n1. The Balaban J connectivity index is 2.20. The second-order valence-electron chi connectivity index (χ2n) is 6.39. The maximum absolute atomic E-state index is 5.62. The summed E-state index contributed by atoms with van der Waals surface area (Å²) < 4.78 is 7.44. The Morgan fingerprint density at radius 2 is 1.96 bits per heavy atom. The van der Waals surface area contributed by atoms with E-state index >= 15 is 0 Å². The predicted molar refractivity (Wildman–Crippen MR) is 99.6 cm³/mol. The van der Waals surface area contributed by atoms with Crippen LogP contribution in [-0.2, 0) is 6.54 Å². The summed E-state index contributed by atoms with van der Waals surface area (Å²) in [6, 6.07) is 6.04. The summed E-state index contributed by atoms with van der Waals surface area (Å²) in [5, 5.41) is 12.8. The van der Waals surface area contributed by atoms with Crippen LogP contribution in [0.4, 0.5) is 5.82 Å². The number of aryl methyl sites for hydroxylation is 1. The van der Waals surface area contributed by atoms with Crippen LogP contribution >= 0.6 is 0 Å². The van der Waals surface area contributed by atoms with Crippen molar-refractivity contribution in [1.29, 1.82) is 0 Å². The molecule has 0 fully saturated rings. The molecule has 2 heterocycles. The van der Waals surface area contributed by atoms with E-state index in [2.05, 4.69) is 32.4 Å². The van der Waals surface area contributed by atoms with E-state index in [9.17, 15) is 0 Å². The van der Waals surface area contributed by atoms with E-state index in [1.807, 2.05) is 50.9 Å². The summed E-state index contributed by atoms with van der Waals surface area (Å²) in [4.78, 5) is 6.74. The molecule has 7 heteroatoms. The summed E-state index contributed by atoms with van der Waals surface area (Å²) in [5.74, 6) is 1.59. The van der Waals surface area contributed by atoms with Crippen LogP contribution in [0.5, 0.6) is 5.75 Å². The molecule has 0 saturated heterocycles. The Morgan fingerprint density at radius 3 is 2.60 bits per heavy atom. The number of aromatic nitrogens is 4. The van der Waals surface area contributed by atoms with Crippen molar-refractivity contribution < 1.29 is 4.74 Å². The minimum Gasteiger partial charge on any atom is -0.494 e. The maximum atomic E-state index is 5.62. The third kappa shape index (κ3) is 3.15. The Morgan fingerprint density at radius 1 is 1.20 bits per heavy atom. The molecule has 0 saturated carbocycles. The predicted octanol–water partition coefficient (Wildman–Crippen LogP) is 2.54. The van der Waals surface area contributed by atoms with E-state index in [1.54, 1.807) is 7.11 Å². The third-order valence-corrected chi connectivity index (χ3v) is 4.26. The van der Waals surface area contributed by atoms with Crippen LogP contribution in [0.1, 0.15) is 17.0 Å². The zero-order valence-electron chi connectivity index (χ0n) is 15.6. The van der Waals surface area contributed by atoms with Gasteiger partial charge in [-0.3, -0.25) is 0 Å². The molecule has 7 nitrogen and oxygen atoms in total. The highest BCUT2D eigenvalue weighted by atomic mass is 16.5. The molecule has 3 aromatic rings. The van der Waals surface area contributed by atoms with Gasteiger partial charge in [0.2, 0.25) is 0 Å². The molecule has 25 heavy (non-hydrogen) atoms. The molecule has 0 radical (unpaired) electrons. The first-order valence-corrected chi connectivity index (χ1v) is 8.18. The molecule has 1 N–H and O–H groups in total. The lowest BCUT2D eigenvalue weighted by molar-refractivity contribution is 0.395. The number of anilines is 1. The van der Waals surface area contributed by atoms with Gasteiger partial charge < -0.3 is 15.0 Å². The van der Waals surface area contributed by atoms with Crippen molar-refractivity contribution >= 4 is 16.7 Å². The van der Waals surface area contributed by atoms with E-state index in [0.717, 1.165) is 51.7 Å². The number of benzene rings is 1. The fourth-order valence-corrected chi connectivity index (χ4v) is 2.90. The molecule has 0 amide bonds. The highest BCUT2D eigenvalue weighted by molar-refractivity contribution is 5.88. The summed E-state index contributed by atoms with van der Waals surface area (Å²) in [6.45, 7) is 4.83. The van der Waals surface area contributed by atoms with Crippen LogP contribution in [0, 0.1) is 13.8 Å². The van der Waals surface area contributed by atoms with E-state index in [1.165, 1.54) is 0 Å². The van der Waals surface area contributed by atoms with E-state index in [0.29, 0.717) is 0 Å². The van der Waals surface area contributed by atoms with Crippen molar-refractivity contribution in [3.8, 4) is 11.4 Å². The van der Waals surface area contributed by atoms with Crippen LogP contribution in [0.15, 0.2) is 18.2 Å². The highest BCUT2D eigenvalue weighted by Gasteiger charge is 2.16. The summed E-state index contributed by atoms with van der Waals surface area (Å²) in [6.07, 6.45) is 0. The fraction of sp³-hybridized carbons (Fsp3) is 0.389. The first kappa shape index (κ1) is 17.2. The zero-order valence-corrected chi connectivity index (χ0v) is 15.6. The smallest absolute Gasteiger partial charge is 0.145 e. The van der Waals surface area contributed by atoms with Crippen LogP contribution in [-0.4, -0.2) is 53.1 Å². The van der Waals surface area contributed by atoms with Crippen molar-refractivity contribution in [3.05, 3.63) is 35.2 Å². The molecule has 0 aliphatic carbocycles. The van der Waals surface area contributed by atoms with Gasteiger partial charge in [-0.1, -0.05) is 5.21 Å². The van der Waals surface area contributed by atoms with Gasteiger partial charge in [0.05, 0.1) is 18.3 Å². The Hall–Kier alpha value is -2.67. The molecule has 0 unspecified atom stereocenters. The van der Waals surface area contributed by atoms with Gasteiger partial charge in [-0.15, -0.1) is 5.10 Å². The number of fused-ring (bicyclic) bond motifs is 1. The van der Waals surface area contributed by atoms with E-state index in [-0.39, 0.29) is 0 Å². The Kier molecular flexibility index (Phi) is 4.59. The molecule has 1 aromatic carbocycles. The molecule has 0 aliphatic heterocycles. The number of ether oxygens (including phenoxy) is 1. The minimum absolute atomic E-state index is 0.739. The largest absolute Gasteiger partial charge is 0.494 e. The molecular weight excluding hydrogens is 316 g/mol. The van der Waals surface area contributed by atoms with Crippen LogP contribution in [0.2, 0.25) is 0 Å². The molecule has 0 aliphatic rings. The quantitative estimate of drug-likeness (QED) is 0.770. The molecular formula is C18H24N6O. The first-order chi connectivity index (χ1) is 11.9. The van der Waals surface area contributed by atoms with Gasteiger partial charge in [-0.25, -0.2) is 9.67 Å². The zero-order chi connectivity index (χ0) is 18.1. The van der Waals surface area contributed by atoms with Crippen molar-refractivity contribution in [3.63, 3.8) is 0 Å². The number of rotatable bonds is 5. The monoisotopic (exact) mass is 340 g/mol. The maximum Gasteiger partial charge on any atom is 0.145 e. The Bertz CT molecular complexity index is 916. The molecule has 2 aromatic heterocycles. The third-order valence-electron chi connectivity index (χ3n) is 4.26. The second kappa shape index (κ2) is 6.68. The van der Waals surface area contributed by atoms with Crippen LogP contribution in [0.25, 0.3) is 16.6 Å². The molecule has 132 valence electrons. The van der Waals surface area contributed by atoms with Gasteiger partial charge in [0.25, 0.3) is 0 Å². The van der Waals surface area contributed by atoms with Crippen molar-refractivity contribution in [1.82, 2.24) is 24.9 Å². The van der Waals surface area contributed by atoms with E-state index in [4.69, 9.17) is 4.74 Å². The number of methoxy groups -OCH3 is 1. The summed E-state index contributed by atoms with van der Waals surface area (Å²) in [5.41, 5.74) is 4.81. The molecule has 3 rings (SSSR count). The first-order valence-electron chi connectivity index (χ1n) is 8.18. The molecule has 0 atom stereocenters. The van der Waals surface area contributed by atoms with Gasteiger partial charge in [-0.2, -0.15) is 0 Å². The molecule has 0 bridgehead atoms. The fourth-order valence-electron chi connectivity index (χ4n) is 2.90. The number of nitrogens with one attached hydrogen (secondary N) is 1. The van der Waals surface area contributed by atoms with Gasteiger partial charge >= 0.3 is 0 Å². The molecule has 0 spiro atoms. The van der Waals surface area contributed by atoms with Crippen molar-refractivity contribution in [2.75, 3.05) is 33.6 Å². The highest BCUT2D eigenvalue weighted by Crippen LogP contribution is 2.31. The average molecular weight is 340 g/mol. The number of hydrogen-bond donors (Lipinski definition) is 1. The number of hydrogen-bond acceptors (Lipinski definition) is 6. The van der Waals surface area contributed by atoms with E-state index < -0.39 is 0 Å². The lowest BCUT2D eigenvalue weighted by atomic mass is 10.1. The minimum atomic E-state index is 0.739. The van der Waals surface area contributed by atoms with Crippen molar-refractivity contribution in [2.24, 2.45) is 0 Å². The van der Waals surface area contributed by atoms with Crippen LogP contribution < -0.4 is 10.1 Å². The van der Waals surface area contributed by atoms with Crippen molar-refractivity contribution in [2.45, 2.75) is 20.4 Å². The van der Waals surface area contributed by atoms with Gasteiger partial charge in [0.15, 0.2) is 0 Å². The Labute approximate surface area is 147 Å². The van der Waals surface area contributed by atoms with Gasteiger partial charge in [0.1, 0.15) is 22.9 Å². The average Bonchev–Trinajstić information content (AvgIpc) is 2.93. The standard InChI is InChI=1S/C18H24N6O/c1-11-7-18(19-3)20-14-9-16(17(25-6)8-13(11)14)24-12(2)15(21-22-24)10-23(4)5/h7-9H,10H2,1-6H3,(H,19,20). The second-order valence-corrected chi connectivity index (χ2v) is 6.39. The lowest BCUT2D eigenvalue weighted by Crippen LogP contribution is -2.12. The topological polar surface area (TPSA) is 68.1 Å². The number of nitrogens with zero attached hydrogens (tertiary/aromatic N) is 5. The lowest BCUT2D eigenvalue weighted by Gasteiger charge is -2.13. The normalized spacial score (nSPS) is 11.3. The van der Waals surface area contributed by atoms with Gasteiger partial charge in [-0.05, 0) is 51.7 Å². The number of pyridine rings is 1. The van der Waals surface area contributed by atoms with Gasteiger partial charge in [0, 0.05) is 19.0 Å².